The third-order valence-corrected chi connectivity index (χ3v) is 6.80. The molecule has 0 aliphatic heterocycles. The van der Waals surface area contributed by atoms with Gasteiger partial charge in [0.05, 0.1) is 19.2 Å². The highest BCUT2D eigenvalue weighted by Crippen LogP contribution is 2.42. The van der Waals surface area contributed by atoms with Gasteiger partial charge in [-0.3, -0.25) is 4.79 Å². The number of anilines is 1. The van der Waals surface area contributed by atoms with Crippen molar-refractivity contribution < 1.29 is 14.3 Å². The fraction of sp³-hybridized carbons (Fsp3) is 0.464. The predicted octanol–water partition coefficient (Wildman–Crippen LogP) is 7.09. The maximum Gasteiger partial charge on any atom is 0.247 e. The number of hydrogen-bond donors (Lipinski definition) is 2. The van der Waals surface area contributed by atoms with Gasteiger partial charge in [0.25, 0.3) is 0 Å². The number of nitrogens with one attached hydrogen (secondary N) is 2. The van der Waals surface area contributed by atoms with Crippen LogP contribution in [0.25, 0.3) is 16.7 Å². The molecule has 2 aromatic carbocycles. The molecule has 2 N–H and O–H groups in total. The lowest BCUT2D eigenvalue weighted by Crippen LogP contribution is -2.36. The summed E-state index contributed by atoms with van der Waals surface area (Å²) in [4.78, 5) is 13.0. The van der Waals surface area contributed by atoms with E-state index in [0.29, 0.717) is 28.1 Å². The van der Waals surface area contributed by atoms with Gasteiger partial charge in [-0.25, -0.2) is 0 Å². The number of benzene rings is 2. The first-order valence-electron chi connectivity index (χ1n) is 12.1. The molecule has 0 spiro atoms. The molecule has 6 heteroatoms. The monoisotopic (exact) mass is 484 g/mol. The van der Waals surface area contributed by atoms with E-state index in [1.54, 1.807) is 14.2 Å². The van der Waals surface area contributed by atoms with Gasteiger partial charge in [-0.15, -0.1) is 0 Å². The smallest absolute Gasteiger partial charge is 0.247 e. The van der Waals surface area contributed by atoms with E-state index >= 15 is 0 Å². The second-order valence-electron chi connectivity index (χ2n) is 9.30. The minimum atomic E-state index is -0.0224. The fourth-order valence-electron chi connectivity index (χ4n) is 4.47. The largest absolute Gasteiger partial charge is 0.496 e. The summed E-state index contributed by atoms with van der Waals surface area (Å²) in [6.45, 7) is 7.99. The molecule has 0 atom stereocenters. The second kappa shape index (κ2) is 11.7. The van der Waals surface area contributed by atoms with Gasteiger partial charge in [0, 0.05) is 40.0 Å². The molecule has 1 fully saturated rings. The molecule has 0 radical (unpaired) electrons. The second-order valence-corrected chi connectivity index (χ2v) is 9.71. The van der Waals surface area contributed by atoms with Crippen LogP contribution in [0.1, 0.15) is 65.4 Å². The van der Waals surface area contributed by atoms with Gasteiger partial charge in [0.1, 0.15) is 11.5 Å². The SMILES string of the molecule is COc1cc(-c2ccc(NC(C)C)cc2Cl)c(OC)cc1C(C)=C(C)C(=O)NC1CCCCC1. The molecule has 5 nitrogen and oxygen atoms in total. The summed E-state index contributed by atoms with van der Waals surface area (Å²) >= 11 is 6.66. The van der Waals surface area contributed by atoms with Crippen molar-refractivity contribution in [2.24, 2.45) is 0 Å². The quantitative estimate of drug-likeness (QED) is 0.393. The number of rotatable bonds is 8. The summed E-state index contributed by atoms with van der Waals surface area (Å²) in [5, 5.41) is 7.19. The van der Waals surface area contributed by atoms with E-state index in [2.05, 4.69) is 24.5 Å². The highest BCUT2D eigenvalue weighted by Gasteiger charge is 2.21. The van der Waals surface area contributed by atoms with E-state index in [9.17, 15) is 4.79 Å². The number of amides is 1. The van der Waals surface area contributed by atoms with Crippen LogP contribution < -0.4 is 20.1 Å². The summed E-state index contributed by atoms with van der Waals surface area (Å²) in [5.74, 6) is 1.31. The van der Waals surface area contributed by atoms with Crippen LogP contribution in [0.2, 0.25) is 5.02 Å². The first-order chi connectivity index (χ1) is 16.2. The Morgan fingerprint density at radius 1 is 0.971 bits per heavy atom. The molecule has 34 heavy (non-hydrogen) atoms. The summed E-state index contributed by atoms with van der Waals surface area (Å²) in [7, 11) is 3.27. The first-order valence-corrected chi connectivity index (χ1v) is 12.4. The molecular formula is C28H37ClN2O3. The van der Waals surface area contributed by atoms with E-state index in [0.717, 1.165) is 40.8 Å². The Labute approximate surface area is 208 Å². The number of halogens is 1. The van der Waals surface area contributed by atoms with Crippen LogP contribution in [0.3, 0.4) is 0 Å². The number of hydrogen-bond acceptors (Lipinski definition) is 4. The Morgan fingerprint density at radius 3 is 2.24 bits per heavy atom. The minimum Gasteiger partial charge on any atom is -0.496 e. The van der Waals surface area contributed by atoms with Crippen LogP contribution in [0, 0.1) is 0 Å². The van der Waals surface area contributed by atoms with Crippen LogP contribution in [0.15, 0.2) is 35.9 Å². The molecule has 1 aliphatic rings. The Kier molecular flexibility index (Phi) is 8.90. The van der Waals surface area contributed by atoms with Gasteiger partial charge in [0.15, 0.2) is 0 Å². The minimum absolute atomic E-state index is 0.0224. The average Bonchev–Trinajstić information content (AvgIpc) is 2.82. The van der Waals surface area contributed by atoms with Crippen molar-refractivity contribution in [1.29, 1.82) is 0 Å². The van der Waals surface area contributed by atoms with E-state index in [1.165, 1.54) is 19.3 Å². The molecule has 0 saturated heterocycles. The van der Waals surface area contributed by atoms with Gasteiger partial charge in [0.2, 0.25) is 5.91 Å². The first kappa shape index (κ1) is 26.0. The van der Waals surface area contributed by atoms with Gasteiger partial charge in [-0.2, -0.15) is 0 Å². The predicted molar refractivity (Wildman–Crippen MR) is 142 cm³/mol. The van der Waals surface area contributed by atoms with Crippen LogP contribution >= 0.6 is 11.6 Å². The van der Waals surface area contributed by atoms with E-state index < -0.39 is 0 Å². The molecule has 0 bridgehead atoms. The summed E-state index contributed by atoms with van der Waals surface area (Å²) in [6.07, 6.45) is 5.71. The van der Waals surface area contributed by atoms with Crippen molar-refractivity contribution in [3.8, 4) is 22.6 Å². The highest BCUT2D eigenvalue weighted by molar-refractivity contribution is 6.33. The molecule has 2 aromatic rings. The molecule has 3 rings (SSSR count). The van der Waals surface area contributed by atoms with Crippen molar-refractivity contribution in [2.45, 2.75) is 71.9 Å². The summed E-state index contributed by atoms with van der Waals surface area (Å²) in [5.41, 5.74) is 5.02. The maximum atomic E-state index is 13.0. The number of carbonyl (C=O) groups excluding carboxylic acids is 1. The zero-order valence-electron chi connectivity index (χ0n) is 21.2. The Morgan fingerprint density at radius 2 is 1.65 bits per heavy atom. The topological polar surface area (TPSA) is 59.6 Å². The molecule has 1 amide bonds. The van der Waals surface area contributed by atoms with Crippen molar-refractivity contribution in [3.63, 3.8) is 0 Å². The van der Waals surface area contributed by atoms with E-state index in [-0.39, 0.29) is 11.9 Å². The van der Waals surface area contributed by atoms with E-state index in [1.807, 2.05) is 44.2 Å². The highest BCUT2D eigenvalue weighted by atomic mass is 35.5. The van der Waals surface area contributed by atoms with Crippen LogP contribution in [0.4, 0.5) is 5.69 Å². The zero-order valence-corrected chi connectivity index (χ0v) is 21.9. The third-order valence-electron chi connectivity index (χ3n) is 6.48. The normalized spacial score (nSPS) is 15.1. The van der Waals surface area contributed by atoms with Crippen LogP contribution in [-0.2, 0) is 4.79 Å². The molecule has 0 unspecified atom stereocenters. The number of ether oxygens (including phenoxy) is 2. The Hall–Kier alpha value is -2.66. The third kappa shape index (κ3) is 6.06. The molecule has 0 heterocycles. The summed E-state index contributed by atoms with van der Waals surface area (Å²) in [6, 6.07) is 10.3. The lowest BCUT2D eigenvalue weighted by atomic mass is 9.94. The van der Waals surface area contributed by atoms with Gasteiger partial charge in [-0.1, -0.05) is 36.9 Å². The zero-order chi connectivity index (χ0) is 24.8. The molecule has 1 saturated carbocycles. The Bertz CT molecular complexity index is 1060. The van der Waals surface area contributed by atoms with Gasteiger partial charge < -0.3 is 20.1 Å². The maximum absolute atomic E-state index is 13.0. The number of methoxy groups -OCH3 is 2. The van der Waals surface area contributed by atoms with Crippen molar-refractivity contribution in [3.05, 3.63) is 46.5 Å². The lowest BCUT2D eigenvalue weighted by molar-refractivity contribution is -0.118. The molecule has 184 valence electrons. The molecular weight excluding hydrogens is 448 g/mol. The van der Waals surface area contributed by atoms with Gasteiger partial charge in [-0.05, 0) is 70.4 Å². The van der Waals surface area contributed by atoms with Crippen molar-refractivity contribution >= 4 is 28.8 Å². The van der Waals surface area contributed by atoms with Crippen LogP contribution in [0.5, 0.6) is 11.5 Å². The van der Waals surface area contributed by atoms with Crippen LogP contribution in [-0.4, -0.2) is 32.2 Å². The van der Waals surface area contributed by atoms with Crippen molar-refractivity contribution in [2.75, 3.05) is 19.5 Å². The Balaban J connectivity index is 1.97. The average molecular weight is 485 g/mol. The van der Waals surface area contributed by atoms with Crippen molar-refractivity contribution in [1.82, 2.24) is 5.32 Å². The fourth-order valence-corrected chi connectivity index (χ4v) is 4.75. The summed E-state index contributed by atoms with van der Waals surface area (Å²) < 4.78 is 11.5. The number of allylic oxidation sites excluding steroid dienone is 1. The standard InChI is InChI=1S/C28H37ClN2O3/c1-17(2)30-21-12-13-22(25(29)14-21)24-16-26(33-5)23(15-27(24)34-6)18(3)19(4)28(32)31-20-10-8-7-9-11-20/h12-17,20,30H,7-11H2,1-6H3,(H,31,32). The van der Waals surface area contributed by atoms with Gasteiger partial charge >= 0.3 is 0 Å². The molecule has 1 aliphatic carbocycles. The van der Waals surface area contributed by atoms with E-state index in [4.69, 9.17) is 21.1 Å². The number of carbonyl (C=O) groups is 1. The lowest BCUT2D eigenvalue weighted by Gasteiger charge is -2.23. The molecule has 0 aromatic heterocycles.